The van der Waals surface area contributed by atoms with Gasteiger partial charge in [-0.2, -0.15) is 0 Å². The van der Waals surface area contributed by atoms with Gasteiger partial charge in [0.25, 0.3) is 0 Å². The zero-order valence-electron chi connectivity index (χ0n) is 23.3. The Labute approximate surface area is 224 Å². The van der Waals surface area contributed by atoms with Gasteiger partial charge in [0.2, 0.25) is 0 Å². The van der Waals surface area contributed by atoms with E-state index in [1.807, 2.05) is 13.8 Å². The molecule has 0 aromatic heterocycles. The van der Waals surface area contributed by atoms with Crippen LogP contribution < -0.4 is 0 Å². The predicted octanol–water partition coefficient (Wildman–Crippen LogP) is 3.02. The monoisotopic (exact) mass is 530 g/mol. The zero-order valence-corrected chi connectivity index (χ0v) is 23.3. The summed E-state index contributed by atoms with van der Waals surface area (Å²) in [5.74, 6) is -2.98. The highest BCUT2D eigenvalue weighted by atomic mass is 16.4. The molecule has 0 spiro atoms. The minimum absolute atomic E-state index is 0.0191. The summed E-state index contributed by atoms with van der Waals surface area (Å²) in [6.07, 6.45) is 1.26. The molecule has 0 saturated heterocycles. The average molecular weight is 531 g/mol. The van der Waals surface area contributed by atoms with E-state index in [4.69, 9.17) is 5.11 Å². The molecule has 210 valence electrons. The maximum absolute atomic E-state index is 14.1. The van der Waals surface area contributed by atoms with Gasteiger partial charge in [-0.3, -0.25) is 14.4 Å². The fourth-order valence-electron chi connectivity index (χ4n) is 8.74. The number of carbonyl (C=O) groups excluding carboxylic acids is 3. The van der Waals surface area contributed by atoms with Gasteiger partial charge in [-0.15, -0.1) is 0 Å². The van der Waals surface area contributed by atoms with Crippen molar-refractivity contribution in [3.05, 3.63) is 22.8 Å². The molecule has 8 nitrogen and oxygen atoms in total. The third-order valence-corrected chi connectivity index (χ3v) is 11.6. The van der Waals surface area contributed by atoms with E-state index >= 15 is 0 Å². The quantitative estimate of drug-likeness (QED) is 0.383. The summed E-state index contributed by atoms with van der Waals surface area (Å²) in [5.41, 5.74) is -3.72. The molecular formula is C30H42O8. The first-order chi connectivity index (χ1) is 17.5. The molecule has 2 fully saturated rings. The standard InChI is InChI=1S/C30H42O8/c1-15(8-7-9-16(2)26(37)38)17-12-21(34)30(6)22-18(32)13-19-27(3,11-10-20(33)28(19,4)14-31)23(22)24(35)25(36)29(17,30)5/h9,15,17,19-20,25,31,33,36H,7-8,10-14H2,1-6H3,(H,37,38). The molecule has 0 amide bonds. The highest BCUT2D eigenvalue weighted by molar-refractivity contribution is 6.17. The molecule has 0 aliphatic heterocycles. The highest BCUT2D eigenvalue weighted by Crippen LogP contribution is 2.70. The normalized spacial score (nSPS) is 44.0. The smallest absolute Gasteiger partial charge is 0.330 e. The van der Waals surface area contributed by atoms with E-state index in [1.54, 1.807) is 26.8 Å². The van der Waals surface area contributed by atoms with Gasteiger partial charge < -0.3 is 20.4 Å². The van der Waals surface area contributed by atoms with Crippen LogP contribution in [0.25, 0.3) is 0 Å². The summed E-state index contributed by atoms with van der Waals surface area (Å²) in [5, 5.41) is 41.9. The number of Topliss-reactive ketones (excluding diaryl/α,β-unsaturated/α-hetero) is 3. The Morgan fingerprint density at radius 1 is 1.08 bits per heavy atom. The Hall–Kier alpha value is -2.16. The van der Waals surface area contributed by atoms with Gasteiger partial charge in [-0.1, -0.05) is 33.8 Å². The lowest BCUT2D eigenvalue weighted by atomic mass is 9.42. The Morgan fingerprint density at radius 3 is 2.29 bits per heavy atom. The van der Waals surface area contributed by atoms with Gasteiger partial charge >= 0.3 is 5.97 Å². The molecule has 0 aromatic rings. The number of ketones is 3. The summed E-state index contributed by atoms with van der Waals surface area (Å²) in [7, 11) is 0. The van der Waals surface area contributed by atoms with Crippen molar-refractivity contribution >= 4 is 23.3 Å². The number of aliphatic hydroxyl groups excluding tert-OH is 3. The molecule has 9 unspecified atom stereocenters. The van der Waals surface area contributed by atoms with Gasteiger partial charge in [0, 0.05) is 45.8 Å². The van der Waals surface area contributed by atoms with Crippen LogP contribution in [0.5, 0.6) is 0 Å². The van der Waals surface area contributed by atoms with Crippen molar-refractivity contribution in [2.24, 2.45) is 39.4 Å². The van der Waals surface area contributed by atoms with Crippen molar-refractivity contribution in [2.75, 3.05) is 6.61 Å². The van der Waals surface area contributed by atoms with Crippen molar-refractivity contribution in [3.8, 4) is 0 Å². The van der Waals surface area contributed by atoms with Gasteiger partial charge in [-0.05, 0) is 57.3 Å². The van der Waals surface area contributed by atoms with Crippen molar-refractivity contribution in [1.82, 2.24) is 0 Å². The Morgan fingerprint density at radius 2 is 1.71 bits per heavy atom. The van der Waals surface area contributed by atoms with E-state index in [1.165, 1.54) is 6.92 Å². The first-order valence-electron chi connectivity index (χ1n) is 13.8. The van der Waals surface area contributed by atoms with Crippen LogP contribution in [0, 0.1) is 39.4 Å². The molecule has 0 heterocycles. The summed E-state index contributed by atoms with van der Waals surface area (Å²) < 4.78 is 0. The second kappa shape index (κ2) is 9.20. The van der Waals surface area contributed by atoms with E-state index in [2.05, 4.69) is 0 Å². The fourth-order valence-corrected chi connectivity index (χ4v) is 8.74. The van der Waals surface area contributed by atoms with Crippen LogP contribution in [0.3, 0.4) is 0 Å². The van der Waals surface area contributed by atoms with E-state index < -0.39 is 51.5 Å². The molecular weight excluding hydrogens is 488 g/mol. The highest BCUT2D eigenvalue weighted by Gasteiger charge is 2.73. The predicted molar refractivity (Wildman–Crippen MR) is 139 cm³/mol. The van der Waals surface area contributed by atoms with E-state index in [9.17, 15) is 34.5 Å². The number of carboxylic acids is 1. The molecule has 0 radical (unpaired) electrons. The largest absolute Gasteiger partial charge is 0.478 e. The minimum Gasteiger partial charge on any atom is -0.478 e. The van der Waals surface area contributed by atoms with Crippen LogP contribution in [0.15, 0.2) is 22.8 Å². The number of aliphatic carboxylic acids is 1. The second-order valence-electron chi connectivity index (χ2n) is 13.2. The van der Waals surface area contributed by atoms with Gasteiger partial charge in [0.05, 0.1) is 18.1 Å². The Bertz CT molecular complexity index is 1150. The lowest BCUT2D eigenvalue weighted by molar-refractivity contribution is -0.163. The maximum atomic E-state index is 14.1. The van der Waals surface area contributed by atoms with Crippen molar-refractivity contribution in [3.63, 3.8) is 0 Å². The number of rotatable bonds is 6. The molecule has 8 heteroatoms. The fraction of sp³-hybridized carbons (Fsp3) is 0.733. The zero-order chi connectivity index (χ0) is 28.6. The average Bonchev–Trinajstić information content (AvgIpc) is 3.08. The molecule has 38 heavy (non-hydrogen) atoms. The van der Waals surface area contributed by atoms with Gasteiger partial charge in [-0.25, -0.2) is 4.79 Å². The summed E-state index contributed by atoms with van der Waals surface area (Å²) in [6.45, 7) is 10.2. The van der Waals surface area contributed by atoms with Crippen LogP contribution in [-0.2, 0) is 19.2 Å². The molecule has 4 aliphatic carbocycles. The van der Waals surface area contributed by atoms with Crippen LogP contribution >= 0.6 is 0 Å². The number of allylic oxidation sites excluding steroid dienone is 2. The number of fused-ring (bicyclic) bond motifs is 4. The van der Waals surface area contributed by atoms with Gasteiger partial charge in [0.15, 0.2) is 11.6 Å². The number of carboxylic acid groups (broad SMARTS) is 1. The SMILES string of the molecule is CC(=CCCC(C)C1CC(=O)C2(C)C3=C(C(=O)C(O)C12C)C1(C)CCC(O)C(C)(CO)C1CC3=O)C(=O)O. The topological polar surface area (TPSA) is 149 Å². The Balaban J connectivity index is 1.82. The summed E-state index contributed by atoms with van der Waals surface area (Å²) in [6, 6.07) is 0. The lowest BCUT2D eigenvalue weighted by Crippen LogP contribution is -2.65. The van der Waals surface area contributed by atoms with Crippen molar-refractivity contribution in [2.45, 2.75) is 92.3 Å². The summed E-state index contributed by atoms with van der Waals surface area (Å²) >= 11 is 0. The third kappa shape index (κ3) is 3.52. The van der Waals surface area contributed by atoms with E-state index in [-0.39, 0.29) is 59.6 Å². The number of carbonyl (C=O) groups is 4. The van der Waals surface area contributed by atoms with Crippen LogP contribution in [0.2, 0.25) is 0 Å². The molecule has 0 aromatic carbocycles. The first-order valence-corrected chi connectivity index (χ1v) is 13.8. The van der Waals surface area contributed by atoms with Crippen molar-refractivity contribution in [1.29, 1.82) is 0 Å². The van der Waals surface area contributed by atoms with E-state index in [0.717, 1.165) is 0 Å². The summed E-state index contributed by atoms with van der Waals surface area (Å²) in [4.78, 5) is 53.1. The number of hydrogen-bond acceptors (Lipinski definition) is 7. The molecule has 2 saturated carbocycles. The first kappa shape index (κ1) is 28.8. The molecule has 4 N–H and O–H groups in total. The van der Waals surface area contributed by atoms with Gasteiger partial charge in [0.1, 0.15) is 11.9 Å². The van der Waals surface area contributed by atoms with Crippen LogP contribution in [-0.4, -0.2) is 62.6 Å². The maximum Gasteiger partial charge on any atom is 0.330 e. The van der Waals surface area contributed by atoms with Crippen molar-refractivity contribution < 1.29 is 39.6 Å². The number of aliphatic hydroxyl groups is 3. The third-order valence-electron chi connectivity index (χ3n) is 11.6. The molecule has 9 atom stereocenters. The molecule has 4 rings (SSSR count). The minimum atomic E-state index is -1.49. The number of hydrogen-bond donors (Lipinski definition) is 4. The molecule has 4 aliphatic rings. The Kier molecular flexibility index (Phi) is 6.98. The van der Waals surface area contributed by atoms with Crippen LogP contribution in [0.4, 0.5) is 0 Å². The molecule has 0 bridgehead atoms. The van der Waals surface area contributed by atoms with Crippen LogP contribution in [0.1, 0.15) is 80.1 Å². The van der Waals surface area contributed by atoms with E-state index in [0.29, 0.717) is 25.7 Å². The second-order valence-corrected chi connectivity index (χ2v) is 13.2. The lowest BCUT2D eigenvalue weighted by Gasteiger charge is -2.61.